The van der Waals surface area contributed by atoms with E-state index in [0.717, 1.165) is 5.57 Å². The largest absolute Gasteiger partial charge is 0.505 e. The molecule has 1 N–H and O–H groups in total. The molecular weight excluding hydrogens is 379 g/mol. The summed E-state index contributed by atoms with van der Waals surface area (Å²) in [7, 11) is 1.56. The molecule has 2 unspecified atom stereocenters. The zero-order chi connectivity index (χ0) is 19.0. The number of hydrogen-bond acceptors (Lipinski definition) is 6. The highest BCUT2D eigenvalue weighted by atomic mass is 35.5. The van der Waals surface area contributed by atoms with Crippen molar-refractivity contribution in [1.29, 1.82) is 10.5 Å². The van der Waals surface area contributed by atoms with Crippen LogP contribution < -0.4 is 4.74 Å². The Morgan fingerprint density at radius 1 is 1.19 bits per heavy atom. The molecule has 26 heavy (non-hydrogen) atoms. The summed E-state index contributed by atoms with van der Waals surface area (Å²) >= 11 is 12.1. The van der Waals surface area contributed by atoms with Crippen LogP contribution in [0.5, 0.6) is 11.5 Å². The van der Waals surface area contributed by atoms with E-state index >= 15 is 0 Å². The van der Waals surface area contributed by atoms with Gasteiger partial charge in [-0.25, -0.2) is 0 Å². The van der Waals surface area contributed by atoms with E-state index in [0.29, 0.717) is 5.76 Å². The zero-order valence-electron chi connectivity index (χ0n) is 13.7. The van der Waals surface area contributed by atoms with Gasteiger partial charge in [0, 0.05) is 11.5 Å². The van der Waals surface area contributed by atoms with Crippen LogP contribution in [0.3, 0.4) is 0 Å². The number of aromatic hydroxyl groups is 1. The Morgan fingerprint density at radius 2 is 1.88 bits per heavy atom. The number of fused-ring (bicyclic) bond motifs is 1. The molecule has 0 saturated carbocycles. The quantitative estimate of drug-likeness (QED) is 0.831. The van der Waals surface area contributed by atoms with E-state index in [4.69, 9.17) is 37.4 Å². The molecule has 1 aliphatic heterocycles. The molecule has 0 fully saturated rings. The fourth-order valence-corrected chi connectivity index (χ4v) is 3.18. The van der Waals surface area contributed by atoms with Gasteiger partial charge in [0.25, 0.3) is 5.95 Å². The number of nitriles is 2. The van der Waals surface area contributed by atoms with E-state index < -0.39 is 5.75 Å². The maximum absolute atomic E-state index is 9.93. The summed E-state index contributed by atoms with van der Waals surface area (Å²) in [6, 6.07) is 3.55. The van der Waals surface area contributed by atoms with E-state index in [1.54, 1.807) is 13.2 Å². The van der Waals surface area contributed by atoms with Gasteiger partial charge in [-0.15, -0.1) is 0 Å². The maximum atomic E-state index is 9.93. The van der Waals surface area contributed by atoms with E-state index in [1.807, 2.05) is 31.2 Å². The number of phenolic OH excluding ortho intramolecular Hbond substituents is 1. The van der Waals surface area contributed by atoms with Crippen molar-refractivity contribution in [1.82, 2.24) is 0 Å². The monoisotopic (exact) mass is 390 g/mol. The summed E-state index contributed by atoms with van der Waals surface area (Å²) in [6.07, 6.45) is 5.24. The van der Waals surface area contributed by atoms with Gasteiger partial charge in [0.1, 0.15) is 45.2 Å². The lowest BCUT2D eigenvalue weighted by Crippen LogP contribution is -2.17. The van der Waals surface area contributed by atoms with Crippen LogP contribution in [0.15, 0.2) is 35.5 Å². The molecule has 0 saturated heterocycles. The molecule has 8 heteroatoms. The third kappa shape index (κ3) is 2.74. The Balaban J connectivity index is 2.04. The normalized spacial score (nSPS) is 20.6. The zero-order valence-corrected chi connectivity index (χ0v) is 15.2. The predicted molar refractivity (Wildman–Crippen MR) is 93.5 cm³/mol. The van der Waals surface area contributed by atoms with Crippen molar-refractivity contribution in [3.05, 3.63) is 56.7 Å². The van der Waals surface area contributed by atoms with Crippen LogP contribution in [0.1, 0.15) is 18.1 Å². The molecule has 2 atom stereocenters. The third-order valence-corrected chi connectivity index (χ3v) is 5.01. The van der Waals surface area contributed by atoms with E-state index in [2.05, 4.69) is 0 Å². The minimum atomic E-state index is -0.564. The molecule has 2 aliphatic rings. The number of ether oxygens (including phenoxy) is 3. The van der Waals surface area contributed by atoms with E-state index in [1.165, 1.54) is 0 Å². The van der Waals surface area contributed by atoms with Crippen molar-refractivity contribution >= 4 is 23.2 Å². The van der Waals surface area contributed by atoms with Gasteiger partial charge in [-0.1, -0.05) is 29.3 Å². The Bertz CT molecular complexity index is 967. The maximum Gasteiger partial charge on any atom is 0.285 e. The lowest BCUT2D eigenvalue weighted by molar-refractivity contribution is 0.0810. The summed E-state index contributed by atoms with van der Waals surface area (Å²) in [4.78, 5) is 0. The Hall–Kier alpha value is -2.80. The fourth-order valence-electron chi connectivity index (χ4n) is 2.78. The molecule has 1 aromatic carbocycles. The van der Waals surface area contributed by atoms with Gasteiger partial charge in [-0.3, -0.25) is 0 Å². The van der Waals surface area contributed by atoms with Crippen molar-refractivity contribution in [3.8, 4) is 23.6 Å². The van der Waals surface area contributed by atoms with Crippen LogP contribution in [-0.2, 0) is 9.47 Å². The Morgan fingerprint density at radius 3 is 2.50 bits per heavy atom. The molecule has 1 heterocycles. The van der Waals surface area contributed by atoms with Crippen molar-refractivity contribution in [2.45, 2.75) is 13.0 Å². The summed E-state index contributed by atoms with van der Waals surface area (Å²) in [6.45, 7) is 1.82. The first kappa shape index (κ1) is 18.0. The topological polar surface area (TPSA) is 95.5 Å². The highest BCUT2D eigenvalue weighted by Gasteiger charge is 2.36. The van der Waals surface area contributed by atoms with Crippen molar-refractivity contribution < 1.29 is 19.3 Å². The molecule has 0 radical (unpaired) electrons. The summed E-state index contributed by atoms with van der Waals surface area (Å²) in [5.41, 5.74) is 0.245. The molecule has 0 aromatic heterocycles. The number of halogens is 2. The SMILES string of the molecule is COC1=CC2OC(Oc3c(Cl)c(Cl)c(O)c(C#N)c3C#N)=C(C)C2C=C1. The molecule has 6 nitrogen and oxygen atoms in total. The van der Waals surface area contributed by atoms with Crippen LogP contribution in [0.4, 0.5) is 0 Å². The van der Waals surface area contributed by atoms with Crippen LogP contribution in [0.2, 0.25) is 10.0 Å². The van der Waals surface area contributed by atoms with Gasteiger partial charge in [-0.2, -0.15) is 10.5 Å². The highest BCUT2D eigenvalue weighted by molar-refractivity contribution is 6.44. The van der Waals surface area contributed by atoms with Crippen molar-refractivity contribution in [3.63, 3.8) is 0 Å². The second-order valence-electron chi connectivity index (χ2n) is 5.59. The first-order valence-corrected chi connectivity index (χ1v) is 8.21. The number of allylic oxidation sites excluding steroid dienone is 1. The first-order valence-electron chi connectivity index (χ1n) is 7.46. The number of hydrogen-bond donors (Lipinski definition) is 1. The van der Waals surface area contributed by atoms with Crippen LogP contribution in [0, 0.1) is 28.6 Å². The smallest absolute Gasteiger partial charge is 0.285 e. The van der Waals surface area contributed by atoms with Gasteiger partial charge >= 0.3 is 0 Å². The first-order chi connectivity index (χ1) is 12.4. The lowest BCUT2D eigenvalue weighted by atomic mass is 9.92. The Kier molecular flexibility index (Phi) is 4.73. The molecule has 3 rings (SSSR count). The lowest BCUT2D eigenvalue weighted by Gasteiger charge is -2.18. The van der Waals surface area contributed by atoms with Crippen molar-refractivity contribution in [2.24, 2.45) is 5.92 Å². The predicted octanol–water partition coefficient (Wildman–Crippen LogP) is 4.17. The van der Waals surface area contributed by atoms with Crippen LogP contribution >= 0.6 is 23.2 Å². The molecule has 0 amide bonds. The van der Waals surface area contributed by atoms with Gasteiger partial charge in [0.15, 0.2) is 11.5 Å². The number of rotatable bonds is 3. The minimum absolute atomic E-state index is 0.0590. The van der Waals surface area contributed by atoms with Crippen LogP contribution in [-0.4, -0.2) is 18.3 Å². The third-order valence-electron chi connectivity index (χ3n) is 4.18. The van der Waals surface area contributed by atoms with E-state index in [9.17, 15) is 15.6 Å². The van der Waals surface area contributed by atoms with Gasteiger partial charge in [0.05, 0.1) is 7.11 Å². The second kappa shape index (κ2) is 6.84. The number of benzene rings is 1. The second-order valence-corrected chi connectivity index (χ2v) is 6.35. The van der Waals surface area contributed by atoms with Crippen LogP contribution in [0.25, 0.3) is 0 Å². The summed E-state index contributed by atoms with van der Waals surface area (Å²) < 4.78 is 16.7. The highest BCUT2D eigenvalue weighted by Crippen LogP contribution is 2.46. The average molecular weight is 391 g/mol. The molecular formula is C18H12Cl2N2O4. The molecule has 0 bridgehead atoms. The van der Waals surface area contributed by atoms with Crippen molar-refractivity contribution in [2.75, 3.05) is 7.11 Å². The number of methoxy groups -OCH3 is 1. The van der Waals surface area contributed by atoms with Gasteiger partial charge in [0.2, 0.25) is 0 Å². The average Bonchev–Trinajstić information content (AvgIpc) is 2.96. The minimum Gasteiger partial charge on any atom is -0.505 e. The molecule has 1 aromatic rings. The van der Waals surface area contributed by atoms with E-state index in [-0.39, 0.29) is 44.9 Å². The number of nitrogens with zero attached hydrogens (tertiary/aromatic N) is 2. The molecule has 132 valence electrons. The summed E-state index contributed by atoms with van der Waals surface area (Å²) in [5, 5.41) is 28.1. The fraction of sp³-hybridized carbons (Fsp3) is 0.222. The molecule has 1 aliphatic carbocycles. The molecule has 0 spiro atoms. The standard InChI is InChI=1S/C18H12Cl2N2O4/c1-8-10-4-3-9(24-2)5-13(10)25-18(8)26-17-12(7-22)11(6-21)16(23)14(19)15(17)20/h3-5,10,13,23H,1-2H3. The summed E-state index contributed by atoms with van der Waals surface area (Å²) in [5.74, 6) is 0.0563. The Labute approximate surface area is 159 Å². The van der Waals surface area contributed by atoms with Gasteiger partial charge in [-0.05, 0) is 19.1 Å². The number of phenols is 1. The van der Waals surface area contributed by atoms with Gasteiger partial charge < -0.3 is 19.3 Å².